The molecule has 90 valence electrons. The van der Waals surface area contributed by atoms with E-state index in [0.29, 0.717) is 6.04 Å². The standard InChI is InChI=1S/C11H18ClN3S/c1-8-11(12)10(14-13-8)7-15(2)9-3-5-16-6-4-9/h9H,3-7H2,1-2H3,(H,13,14). The van der Waals surface area contributed by atoms with Gasteiger partial charge >= 0.3 is 0 Å². The molecule has 0 spiro atoms. The minimum atomic E-state index is 0.689. The molecule has 1 N–H and O–H groups in total. The van der Waals surface area contributed by atoms with Crippen LogP contribution in [0.1, 0.15) is 24.2 Å². The molecule has 1 aromatic rings. The Morgan fingerprint density at radius 3 is 2.75 bits per heavy atom. The second kappa shape index (κ2) is 5.43. The van der Waals surface area contributed by atoms with E-state index in [1.165, 1.54) is 24.3 Å². The fraction of sp³-hybridized carbons (Fsp3) is 0.727. The van der Waals surface area contributed by atoms with Gasteiger partial charge in [0.2, 0.25) is 0 Å². The van der Waals surface area contributed by atoms with Crippen LogP contribution in [0.4, 0.5) is 0 Å². The smallest absolute Gasteiger partial charge is 0.0951 e. The fourth-order valence-corrected chi connectivity index (χ4v) is 3.29. The lowest BCUT2D eigenvalue weighted by molar-refractivity contribution is 0.219. The van der Waals surface area contributed by atoms with Crippen LogP contribution in [0.3, 0.4) is 0 Å². The van der Waals surface area contributed by atoms with E-state index in [1.807, 2.05) is 6.92 Å². The Balaban J connectivity index is 1.95. The summed E-state index contributed by atoms with van der Waals surface area (Å²) >= 11 is 8.22. The van der Waals surface area contributed by atoms with Crippen LogP contribution >= 0.6 is 23.4 Å². The van der Waals surface area contributed by atoms with E-state index in [0.717, 1.165) is 23.0 Å². The predicted molar refractivity (Wildman–Crippen MR) is 70.1 cm³/mol. The molecule has 1 aromatic heterocycles. The van der Waals surface area contributed by atoms with Crippen LogP contribution in [-0.4, -0.2) is 39.7 Å². The lowest BCUT2D eigenvalue weighted by Crippen LogP contribution is -2.34. The largest absolute Gasteiger partial charge is 0.297 e. The van der Waals surface area contributed by atoms with Crippen molar-refractivity contribution in [1.29, 1.82) is 0 Å². The highest BCUT2D eigenvalue weighted by Gasteiger charge is 2.20. The maximum atomic E-state index is 6.17. The molecule has 3 nitrogen and oxygen atoms in total. The highest BCUT2D eigenvalue weighted by Crippen LogP contribution is 2.24. The topological polar surface area (TPSA) is 31.9 Å². The molecule has 0 atom stereocenters. The summed E-state index contributed by atoms with van der Waals surface area (Å²) in [5.41, 5.74) is 1.93. The monoisotopic (exact) mass is 259 g/mol. The van der Waals surface area contributed by atoms with Gasteiger partial charge in [0.25, 0.3) is 0 Å². The third kappa shape index (κ3) is 2.73. The van der Waals surface area contributed by atoms with Crippen molar-refractivity contribution >= 4 is 23.4 Å². The molecular weight excluding hydrogens is 242 g/mol. The van der Waals surface area contributed by atoms with Gasteiger partial charge in [-0.05, 0) is 38.3 Å². The van der Waals surface area contributed by atoms with Crippen LogP contribution < -0.4 is 0 Å². The number of H-pyrrole nitrogens is 1. The molecule has 1 saturated heterocycles. The van der Waals surface area contributed by atoms with Crippen molar-refractivity contribution in [2.45, 2.75) is 32.4 Å². The van der Waals surface area contributed by atoms with Crippen molar-refractivity contribution in [2.75, 3.05) is 18.6 Å². The first kappa shape index (κ1) is 12.3. The van der Waals surface area contributed by atoms with Crippen LogP contribution in [-0.2, 0) is 6.54 Å². The maximum Gasteiger partial charge on any atom is 0.0951 e. The lowest BCUT2D eigenvalue weighted by Gasteiger charge is -2.30. The van der Waals surface area contributed by atoms with Gasteiger partial charge in [-0.15, -0.1) is 0 Å². The summed E-state index contributed by atoms with van der Waals surface area (Å²) in [5, 5.41) is 7.97. The van der Waals surface area contributed by atoms with Gasteiger partial charge in [0, 0.05) is 12.6 Å². The van der Waals surface area contributed by atoms with Gasteiger partial charge in [-0.2, -0.15) is 16.9 Å². The first-order valence-corrected chi connectivity index (χ1v) is 7.19. The first-order chi connectivity index (χ1) is 7.68. The molecule has 0 saturated carbocycles. The van der Waals surface area contributed by atoms with Crippen LogP contribution in [0.25, 0.3) is 0 Å². The number of halogens is 1. The first-order valence-electron chi connectivity index (χ1n) is 5.66. The number of hydrogen-bond acceptors (Lipinski definition) is 3. The highest BCUT2D eigenvalue weighted by atomic mass is 35.5. The molecule has 0 unspecified atom stereocenters. The van der Waals surface area contributed by atoms with E-state index in [4.69, 9.17) is 11.6 Å². The second-order valence-electron chi connectivity index (χ2n) is 4.37. The molecule has 2 heterocycles. The molecular formula is C11H18ClN3S. The fourth-order valence-electron chi connectivity index (χ4n) is 2.06. The third-order valence-electron chi connectivity index (χ3n) is 3.15. The molecule has 0 aromatic carbocycles. The van der Waals surface area contributed by atoms with Gasteiger partial charge in [0.05, 0.1) is 16.4 Å². The van der Waals surface area contributed by atoms with Crippen LogP contribution in [0.2, 0.25) is 5.02 Å². The van der Waals surface area contributed by atoms with E-state index in [-0.39, 0.29) is 0 Å². The Bertz CT molecular complexity index is 347. The number of rotatable bonds is 3. The highest BCUT2D eigenvalue weighted by molar-refractivity contribution is 7.99. The molecule has 1 aliphatic rings. The Hall–Kier alpha value is -0.190. The van der Waals surface area contributed by atoms with Gasteiger partial charge < -0.3 is 0 Å². The van der Waals surface area contributed by atoms with E-state index < -0.39 is 0 Å². The Morgan fingerprint density at radius 1 is 1.50 bits per heavy atom. The van der Waals surface area contributed by atoms with Gasteiger partial charge in [-0.3, -0.25) is 10.00 Å². The Morgan fingerprint density at radius 2 is 2.19 bits per heavy atom. The summed E-state index contributed by atoms with van der Waals surface area (Å²) < 4.78 is 0. The van der Waals surface area contributed by atoms with Crippen molar-refractivity contribution in [1.82, 2.24) is 15.1 Å². The van der Waals surface area contributed by atoms with Crippen molar-refractivity contribution < 1.29 is 0 Å². The molecule has 0 bridgehead atoms. The van der Waals surface area contributed by atoms with Crippen LogP contribution in [0.5, 0.6) is 0 Å². The molecule has 1 aliphatic heterocycles. The van der Waals surface area contributed by atoms with Gasteiger partial charge in [-0.25, -0.2) is 0 Å². The number of aromatic amines is 1. The Kier molecular flexibility index (Phi) is 4.16. The van der Waals surface area contributed by atoms with Crippen LogP contribution in [0.15, 0.2) is 0 Å². The van der Waals surface area contributed by atoms with Gasteiger partial charge in [0.1, 0.15) is 0 Å². The second-order valence-corrected chi connectivity index (χ2v) is 5.97. The molecule has 16 heavy (non-hydrogen) atoms. The lowest BCUT2D eigenvalue weighted by atomic mass is 10.1. The third-order valence-corrected chi connectivity index (χ3v) is 4.70. The van der Waals surface area contributed by atoms with E-state index >= 15 is 0 Å². The van der Waals surface area contributed by atoms with Crippen molar-refractivity contribution in [3.05, 3.63) is 16.4 Å². The predicted octanol–water partition coefficient (Wildman–Crippen LogP) is 2.70. The average molecular weight is 260 g/mol. The summed E-state index contributed by atoms with van der Waals surface area (Å²) in [5.74, 6) is 2.56. The number of nitrogens with zero attached hydrogens (tertiary/aromatic N) is 2. The van der Waals surface area contributed by atoms with E-state index in [9.17, 15) is 0 Å². The minimum absolute atomic E-state index is 0.689. The zero-order valence-corrected chi connectivity index (χ0v) is 11.4. The average Bonchev–Trinajstić information content (AvgIpc) is 2.62. The summed E-state index contributed by atoms with van der Waals surface area (Å²) in [7, 11) is 2.17. The molecule has 5 heteroatoms. The molecule has 0 amide bonds. The summed E-state index contributed by atoms with van der Waals surface area (Å²) in [4.78, 5) is 2.38. The SMILES string of the molecule is Cc1[nH]nc(CN(C)C2CCSCC2)c1Cl. The van der Waals surface area contributed by atoms with Crippen molar-refractivity contribution in [3.8, 4) is 0 Å². The van der Waals surface area contributed by atoms with Gasteiger partial charge in [-0.1, -0.05) is 11.6 Å². The number of nitrogens with one attached hydrogen (secondary N) is 1. The van der Waals surface area contributed by atoms with E-state index in [2.05, 4.69) is 33.9 Å². The molecule has 2 rings (SSSR count). The minimum Gasteiger partial charge on any atom is -0.297 e. The van der Waals surface area contributed by atoms with Gasteiger partial charge in [0.15, 0.2) is 0 Å². The maximum absolute atomic E-state index is 6.17. The quantitative estimate of drug-likeness (QED) is 0.906. The summed E-state index contributed by atoms with van der Waals surface area (Å²) in [6, 6.07) is 0.689. The Labute approximate surface area is 106 Å². The number of aryl methyl sites for hydroxylation is 1. The zero-order valence-electron chi connectivity index (χ0n) is 9.79. The number of thioether (sulfide) groups is 1. The summed E-state index contributed by atoms with van der Waals surface area (Å²) in [6.45, 7) is 2.80. The molecule has 0 radical (unpaired) electrons. The molecule has 1 fully saturated rings. The van der Waals surface area contributed by atoms with E-state index in [1.54, 1.807) is 0 Å². The van der Waals surface area contributed by atoms with Crippen LogP contribution in [0, 0.1) is 6.92 Å². The van der Waals surface area contributed by atoms with Crippen molar-refractivity contribution in [3.63, 3.8) is 0 Å². The number of hydrogen-bond donors (Lipinski definition) is 1. The zero-order chi connectivity index (χ0) is 11.5. The normalized spacial score (nSPS) is 18.2. The van der Waals surface area contributed by atoms with Crippen molar-refractivity contribution in [2.24, 2.45) is 0 Å². The number of aromatic nitrogens is 2. The summed E-state index contributed by atoms with van der Waals surface area (Å²) in [6.07, 6.45) is 2.56. The molecule has 0 aliphatic carbocycles.